The van der Waals surface area contributed by atoms with E-state index >= 15 is 0 Å². The minimum absolute atomic E-state index is 0.104. The molecule has 6 nitrogen and oxygen atoms in total. The first-order chi connectivity index (χ1) is 16.9. The fourth-order valence-corrected chi connectivity index (χ4v) is 3.84. The van der Waals surface area contributed by atoms with Crippen molar-refractivity contribution in [1.82, 2.24) is 10.3 Å². The predicted octanol–water partition coefficient (Wildman–Crippen LogP) is 4.27. The molecular formula is C29H29N3O3. The molecule has 6 heteroatoms. The maximum absolute atomic E-state index is 13.3. The van der Waals surface area contributed by atoms with Crippen LogP contribution in [0, 0.1) is 11.8 Å². The second kappa shape index (κ2) is 10.8. The van der Waals surface area contributed by atoms with Crippen LogP contribution in [0.2, 0.25) is 0 Å². The molecule has 4 aromatic rings. The highest BCUT2D eigenvalue weighted by Gasteiger charge is 2.19. The molecule has 1 aromatic heterocycles. The average molecular weight is 468 g/mol. The third-order valence-electron chi connectivity index (χ3n) is 5.55. The van der Waals surface area contributed by atoms with Gasteiger partial charge in [0.2, 0.25) is 0 Å². The zero-order valence-electron chi connectivity index (χ0n) is 19.8. The Bertz CT molecular complexity index is 1380. The monoisotopic (exact) mass is 467 g/mol. The van der Waals surface area contributed by atoms with Crippen molar-refractivity contribution in [1.29, 1.82) is 0 Å². The number of aromatic amines is 1. The summed E-state index contributed by atoms with van der Waals surface area (Å²) in [4.78, 5) is 16.5. The Balaban J connectivity index is 1.57. The molecule has 3 aromatic carbocycles. The van der Waals surface area contributed by atoms with Crippen molar-refractivity contribution >= 4 is 22.5 Å². The summed E-state index contributed by atoms with van der Waals surface area (Å²) in [5, 5.41) is 14.0. The fourth-order valence-electron chi connectivity index (χ4n) is 3.84. The summed E-state index contributed by atoms with van der Waals surface area (Å²) in [6, 6.07) is 20.1. The van der Waals surface area contributed by atoms with E-state index in [0.29, 0.717) is 29.0 Å². The van der Waals surface area contributed by atoms with Crippen LogP contribution < -0.4 is 15.8 Å². The smallest absolute Gasteiger partial charge is 0.255 e. The molecule has 1 amide bonds. The largest absolute Gasteiger partial charge is 0.490 e. The first-order valence-corrected chi connectivity index (χ1v) is 11.6. The van der Waals surface area contributed by atoms with Crippen LogP contribution in [0.15, 0.2) is 72.9 Å². The number of nitrogens with two attached hydrogens (primary N) is 1. The number of amides is 1. The van der Waals surface area contributed by atoms with E-state index in [2.05, 4.69) is 22.1 Å². The number of carbonyl (C=O) groups excluding carboxylic acids is 1. The van der Waals surface area contributed by atoms with E-state index in [9.17, 15) is 9.90 Å². The summed E-state index contributed by atoms with van der Waals surface area (Å²) >= 11 is 0. The van der Waals surface area contributed by atoms with Crippen LogP contribution in [0.25, 0.3) is 10.9 Å². The zero-order chi connectivity index (χ0) is 24.8. The van der Waals surface area contributed by atoms with E-state index in [1.165, 1.54) is 0 Å². The maximum atomic E-state index is 13.3. The normalized spacial score (nSPS) is 11.7. The molecular weight excluding hydrogens is 438 g/mol. The number of nitrogen functional groups attached to an aromatic ring is 1. The SMILES string of the molecule is CC(C)Oc1ccc(C#Cc2ccc(N)cc2)cc1C(=O)N[C@@H](CO)Cc1c[nH]c2ccccc12. The third-order valence-corrected chi connectivity index (χ3v) is 5.55. The van der Waals surface area contributed by atoms with Gasteiger partial charge in [0.05, 0.1) is 24.3 Å². The summed E-state index contributed by atoms with van der Waals surface area (Å²) < 4.78 is 5.89. The molecule has 0 aliphatic carbocycles. The molecule has 1 heterocycles. The summed E-state index contributed by atoms with van der Waals surface area (Å²) in [5.41, 5.74) is 10.3. The van der Waals surface area contributed by atoms with Gasteiger partial charge in [0, 0.05) is 33.9 Å². The number of rotatable bonds is 7. The quantitative estimate of drug-likeness (QED) is 0.241. The summed E-state index contributed by atoms with van der Waals surface area (Å²) in [7, 11) is 0. The number of hydrogen-bond acceptors (Lipinski definition) is 4. The Morgan fingerprint density at radius 2 is 1.77 bits per heavy atom. The van der Waals surface area contributed by atoms with Crippen molar-refractivity contribution < 1.29 is 14.6 Å². The molecule has 0 radical (unpaired) electrons. The van der Waals surface area contributed by atoms with Gasteiger partial charge in [-0.3, -0.25) is 4.79 Å². The second-order valence-corrected chi connectivity index (χ2v) is 8.67. The number of aliphatic hydroxyl groups excluding tert-OH is 1. The van der Waals surface area contributed by atoms with E-state index in [1.807, 2.05) is 62.5 Å². The molecule has 5 N–H and O–H groups in total. The number of benzene rings is 3. The molecule has 0 unspecified atom stereocenters. The zero-order valence-corrected chi connectivity index (χ0v) is 19.8. The fraction of sp³-hybridized carbons (Fsp3) is 0.207. The van der Waals surface area contributed by atoms with E-state index in [1.54, 1.807) is 24.3 Å². The first-order valence-electron chi connectivity index (χ1n) is 11.6. The molecule has 0 saturated heterocycles. The van der Waals surface area contributed by atoms with Crippen molar-refractivity contribution in [3.63, 3.8) is 0 Å². The second-order valence-electron chi connectivity index (χ2n) is 8.67. The number of ether oxygens (including phenoxy) is 1. The number of aromatic nitrogens is 1. The summed E-state index contributed by atoms with van der Waals surface area (Å²) in [6.45, 7) is 3.62. The van der Waals surface area contributed by atoms with Crippen molar-refractivity contribution in [3.8, 4) is 17.6 Å². The molecule has 0 bridgehead atoms. The third kappa shape index (κ3) is 6.03. The molecule has 178 valence electrons. The number of anilines is 1. The number of carbonyl (C=O) groups is 1. The number of hydrogen-bond donors (Lipinski definition) is 4. The van der Waals surface area contributed by atoms with E-state index < -0.39 is 6.04 Å². The summed E-state index contributed by atoms with van der Waals surface area (Å²) in [5.74, 6) is 6.34. The molecule has 4 rings (SSSR count). The van der Waals surface area contributed by atoms with Gasteiger partial charge >= 0.3 is 0 Å². The maximum Gasteiger partial charge on any atom is 0.255 e. The van der Waals surface area contributed by atoms with Gasteiger partial charge in [-0.15, -0.1) is 0 Å². The number of H-pyrrole nitrogens is 1. The highest BCUT2D eigenvalue weighted by atomic mass is 16.5. The molecule has 1 atom stereocenters. The van der Waals surface area contributed by atoms with Crippen LogP contribution in [0.3, 0.4) is 0 Å². The highest BCUT2D eigenvalue weighted by Crippen LogP contribution is 2.23. The lowest BCUT2D eigenvalue weighted by molar-refractivity contribution is 0.0910. The van der Waals surface area contributed by atoms with Gasteiger partial charge in [0.1, 0.15) is 5.75 Å². The molecule has 0 spiro atoms. The van der Waals surface area contributed by atoms with Gasteiger partial charge in [-0.05, 0) is 74.4 Å². The van der Waals surface area contributed by atoms with Gasteiger partial charge in [-0.2, -0.15) is 0 Å². The van der Waals surface area contributed by atoms with Crippen LogP contribution in [0.4, 0.5) is 5.69 Å². The Morgan fingerprint density at radius 1 is 1.06 bits per heavy atom. The van der Waals surface area contributed by atoms with Crippen LogP contribution in [0.5, 0.6) is 5.75 Å². The van der Waals surface area contributed by atoms with Crippen LogP contribution in [-0.2, 0) is 6.42 Å². The minimum Gasteiger partial charge on any atom is -0.490 e. The topological polar surface area (TPSA) is 100 Å². The lowest BCUT2D eigenvalue weighted by Crippen LogP contribution is -2.39. The number of para-hydroxylation sites is 1. The van der Waals surface area contributed by atoms with E-state index in [4.69, 9.17) is 10.5 Å². The van der Waals surface area contributed by atoms with Crippen LogP contribution >= 0.6 is 0 Å². The first kappa shape index (κ1) is 23.9. The molecule has 35 heavy (non-hydrogen) atoms. The van der Waals surface area contributed by atoms with Gasteiger partial charge in [-0.25, -0.2) is 0 Å². The predicted molar refractivity (Wildman–Crippen MR) is 139 cm³/mol. The van der Waals surface area contributed by atoms with Crippen molar-refractivity contribution in [2.75, 3.05) is 12.3 Å². The molecule has 0 aliphatic rings. The Labute approximate surface area is 205 Å². The molecule has 0 fully saturated rings. The Hall–Kier alpha value is -4.21. The van der Waals surface area contributed by atoms with Crippen molar-refractivity contribution in [3.05, 3.63) is 95.2 Å². The van der Waals surface area contributed by atoms with E-state index in [0.717, 1.165) is 22.0 Å². The number of nitrogens with one attached hydrogen (secondary N) is 2. The van der Waals surface area contributed by atoms with Crippen molar-refractivity contribution in [2.45, 2.75) is 32.4 Å². The van der Waals surface area contributed by atoms with Crippen LogP contribution in [0.1, 0.15) is 40.9 Å². The van der Waals surface area contributed by atoms with Crippen molar-refractivity contribution in [2.24, 2.45) is 0 Å². The van der Waals surface area contributed by atoms with Gasteiger partial charge < -0.3 is 25.9 Å². The van der Waals surface area contributed by atoms with Crippen LogP contribution in [-0.4, -0.2) is 34.8 Å². The lowest BCUT2D eigenvalue weighted by Gasteiger charge is -2.19. The van der Waals surface area contributed by atoms with Gasteiger partial charge in [0.15, 0.2) is 0 Å². The lowest BCUT2D eigenvalue weighted by atomic mass is 10.0. The van der Waals surface area contributed by atoms with Gasteiger partial charge in [0.25, 0.3) is 5.91 Å². The van der Waals surface area contributed by atoms with Gasteiger partial charge in [-0.1, -0.05) is 30.0 Å². The number of aliphatic hydroxyl groups is 1. The highest BCUT2D eigenvalue weighted by molar-refractivity contribution is 5.97. The Morgan fingerprint density at radius 3 is 2.51 bits per heavy atom. The van der Waals surface area contributed by atoms with E-state index in [-0.39, 0.29) is 18.6 Å². The number of fused-ring (bicyclic) bond motifs is 1. The minimum atomic E-state index is -0.460. The standard InChI is InChI=1S/C29H29N3O3/c1-19(2)35-28-14-11-21(8-7-20-9-12-23(30)13-10-20)15-26(28)29(34)32-24(18-33)16-22-17-31-27-6-4-3-5-25(22)27/h3-6,9-15,17,19,24,31,33H,16,18,30H2,1-2H3,(H,32,34)/t24-/m1/s1. The summed E-state index contributed by atoms with van der Waals surface area (Å²) in [6.07, 6.45) is 2.30. The Kier molecular flexibility index (Phi) is 7.39. The molecule has 0 saturated carbocycles. The average Bonchev–Trinajstić information content (AvgIpc) is 3.26. The molecule has 0 aliphatic heterocycles.